The highest BCUT2D eigenvalue weighted by molar-refractivity contribution is 5.58. The third-order valence-electron chi connectivity index (χ3n) is 3.68. The summed E-state index contributed by atoms with van der Waals surface area (Å²) >= 11 is 0. The second-order valence-electron chi connectivity index (χ2n) is 5.20. The summed E-state index contributed by atoms with van der Waals surface area (Å²) in [5, 5.41) is 0. The second-order valence-corrected chi connectivity index (χ2v) is 5.20. The topological polar surface area (TPSA) is 55.0 Å². The number of aromatic nitrogens is 2. The van der Waals surface area contributed by atoms with Crippen molar-refractivity contribution in [2.24, 2.45) is 0 Å². The van der Waals surface area contributed by atoms with Gasteiger partial charge < -0.3 is 10.6 Å². The molecule has 1 aliphatic rings. The quantitative estimate of drug-likeness (QED) is 0.873. The third-order valence-corrected chi connectivity index (χ3v) is 3.68. The maximum atomic E-state index is 5.98. The molecule has 0 bridgehead atoms. The summed E-state index contributed by atoms with van der Waals surface area (Å²) in [5.74, 6) is 1.99. The Hall–Kier alpha value is -1.32. The highest BCUT2D eigenvalue weighted by Crippen LogP contribution is 2.32. The molecule has 1 aromatic heterocycles. The van der Waals surface area contributed by atoms with Gasteiger partial charge in [0.15, 0.2) is 0 Å². The fraction of sp³-hybridized carbons (Fsp3) is 0.692. The van der Waals surface area contributed by atoms with Gasteiger partial charge in [0.2, 0.25) is 0 Å². The molecule has 1 aliphatic carbocycles. The zero-order valence-corrected chi connectivity index (χ0v) is 11.0. The molecule has 0 aliphatic heterocycles. The zero-order chi connectivity index (χ0) is 12.4. The first-order chi connectivity index (χ1) is 8.11. The molecule has 1 heterocycles. The number of hydrogen-bond donors (Lipinski definition) is 1. The van der Waals surface area contributed by atoms with Gasteiger partial charge in [-0.05, 0) is 18.8 Å². The van der Waals surface area contributed by atoms with E-state index < -0.39 is 0 Å². The minimum atomic E-state index is 0.357. The molecule has 1 fully saturated rings. The highest BCUT2D eigenvalue weighted by atomic mass is 15.2. The van der Waals surface area contributed by atoms with Crippen LogP contribution in [0, 0.1) is 0 Å². The molecule has 0 aromatic carbocycles. The van der Waals surface area contributed by atoms with E-state index in [0.29, 0.717) is 17.8 Å². The van der Waals surface area contributed by atoms with Crippen LogP contribution in [0.15, 0.2) is 6.33 Å². The maximum Gasteiger partial charge on any atom is 0.137 e. The van der Waals surface area contributed by atoms with Crippen LogP contribution >= 0.6 is 0 Å². The van der Waals surface area contributed by atoms with Crippen molar-refractivity contribution in [1.29, 1.82) is 0 Å². The van der Waals surface area contributed by atoms with Gasteiger partial charge in [-0.3, -0.25) is 0 Å². The third kappa shape index (κ3) is 2.35. The average Bonchev–Trinajstić information content (AvgIpc) is 2.80. The SMILES string of the molecule is CC(C)c1c(N)ncnc1N(C)C1CCCC1. The van der Waals surface area contributed by atoms with Crippen molar-refractivity contribution < 1.29 is 0 Å². The highest BCUT2D eigenvalue weighted by Gasteiger charge is 2.24. The van der Waals surface area contributed by atoms with E-state index in [1.54, 1.807) is 6.33 Å². The lowest BCUT2D eigenvalue weighted by molar-refractivity contribution is 0.639. The molecule has 0 radical (unpaired) electrons. The van der Waals surface area contributed by atoms with E-state index in [4.69, 9.17) is 5.73 Å². The van der Waals surface area contributed by atoms with E-state index in [0.717, 1.165) is 11.4 Å². The zero-order valence-electron chi connectivity index (χ0n) is 11.0. The van der Waals surface area contributed by atoms with Gasteiger partial charge in [-0.15, -0.1) is 0 Å². The van der Waals surface area contributed by atoms with Crippen molar-refractivity contribution in [3.05, 3.63) is 11.9 Å². The van der Waals surface area contributed by atoms with E-state index in [9.17, 15) is 0 Å². The summed E-state index contributed by atoms with van der Waals surface area (Å²) in [5.41, 5.74) is 7.07. The van der Waals surface area contributed by atoms with Crippen LogP contribution in [0.4, 0.5) is 11.6 Å². The number of rotatable bonds is 3. The molecule has 1 aromatic rings. The largest absolute Gasteiger partial charge is 0.383 e. The smallest absolute Gasteiger partial charge is 0.137 e. The van der Waals surface area contributed by atoms with E-state index >= 15 is 0 Å². The number of nitrogens with two attached hydrogens (primary N) is 1. The van der Waals surface area contributed by atoms with Gasteiger partial charge in [0.25, 0.3) is 0 Å². The number of hydrogen-bond acceptors (Lipinski definition) is 4. The normalized spacial score (nSPS) is 16.7. The standard InChI is InChI=1S/C13H22N4/c1-9(2)11-12(14)15-8-16-13(11)17(3)10-6-4-5-7-10/h8-10H,4-7H2,1-3H3,(H2,14,15,16). The van der Waals surface area contributed by atoms with E-state index in [-0.39, 0.29) is 0 Å². The van der Waals surface area contributed by atoms with Gasteiger partial charge >= 0.3 is 0 Å². The summed E-state index contributed by atoms with van der Waals surface area (Å²) in [6.45, 7) is 4.28. The Labute approximate surface area is 103 Å². The summed E-state index contributed by atoms with van der Waals surface area (Å²) in [6.07, 6.45) is 6.75. The van der Waals surface area contributed by atoms with Crippen LogP contribution in [-0.2, 0) is 0 Å². The predicted molar refractivity (Wildman–Crippen MR) is 71.2 cm³/mol. The minimum absolute atomic E-state index is 0.357. The van der Waals surface area contributed by atoms with Crippen molar-refractivity contribution in [3.8, 4) is 0 Å². The van der Waals surface area contributed by atoms with E-state index in [2.05, 4.69) is 35.8 Å². The summed E-state index contributed by atoms with van der Waals surface area (Å²) < 4.78 is 0. The first-order valence-electron chi connectivity index (χ1n) is 6.44. The molecule has 4 nitrogen and oxygen atoms in total. The van der Waals surface area contributed by atoms with Crippen molar-refractivity contribution in [2.45, 2.75) is 51.5 Å². The maximum absolute atomic E-state index is 5.98. The van der Waals surface area contributed by atoms with Gasteiger partial charge in [0.1, 0.15) is 18.0 Å². The molecule has 0 amide bonds. The van der Waals surface area contributed by atoms with Gasteiger partial charge in [0.05, 0.1) is 0 Å². The average molecular weight is 234 g/mol. The Morgan fingerprint density at radius 3 is 2.53 bits per heavy atom. The van der Waals surface area contributed by atoms with Gasteiger partial charge in [-0.25, -0.2) is 9.97 Å². The first-order valence-corrected chi connectivity index (χ1v) is 6.44. The fourth-order valence-electron chi connectivity index (χ4n) is 2.70. The van der Waals surface area contributed by atoms with Crippen molar-refractivity contribution in [1.82, 2.24) is 9.97 Å². The monoisotopic (exact) mass is 234 g/mol. The minimum Gasteiger partial charge on any atom is -0.383 e. The lowest BCUT2D eigenvalue weighted by atomic mass is 10.0. The molecule has 2 rings (SSSR count). The van der Waals surface area contributed by atoms with Gasteiger partial charge in [-0.1, -0.05) is 26.7 Å². The van der Waals surface area contributed by atoms with Crippen molar-refractivity contribution in [2.75, 3.05) is 17.7 Å². The van der Waals surface area contributed by atoms with Crippen LogP contribution in [0.5, 0.6) is 0 Å². The summed E-state index contributed by atoms with van der Waals surface area (Å²) in [7, 11) is 2.13. The Balaban J connectivity index is 2.33. The molecule has 4 heteroatoms. The molecule has 1 saturated carbocycles. The van der Waals surface area contributed by atoms with Gasteiger partial charge in [0, 0.05) is 18.7 Å². The Bertz CT molecular complexity index is 383. The van der Waals surface area contributed by atoms with Crippen molar-refractivity contribution >= 4 is 11.6 Å². The second kappa shape index (κ2) is 4.90. The molecule has 0 spiro atoms. The number of nitrogens with zero attached hydrogens (tertiary/aromatic N) is 3. The van der Waals surface area contributed by atoms with Gasteiger partial charge in [-0.2, -0.15) is 0 Å². The number of nitrogen functional groups attached to an aromatic ring is 1. The molecular weight excluding hydrogens is 212 g/mol. The molecule has 2 N–H and O–H groups in total. The number of anilines is 2. The molecule has 17 heavy (non-hydrogen) atoms. The lowest BCUT2D eigenvalue weighted by Crippen LogP contribution is -2.31. The van der Waals surface area contributed by atoms with E-state index in [1.165, 1.54) is 25.7 Å². The van der Waals surface area contributed by atoms with Crippen LogP contribution in [0.3, 0.4) is 0 Å². The Kier molecular flexibility index (Phi) is 3.50. The predicted octanol–water partition coefficient (Wildman–Crippen LogP) is 2.56. The molecule has 0 saturated heterocycles. The molecule has 0 atom stereocenters. The molecule has 0 unspecified atom stereocenters. The van der Waals surface area contributed by atoms with Crippen molar-refractivity contribution in [3.63, 3.8) is 0 Å². The van der Waals surface area contributed by atoms with Crippen LogP contribution in [-0.4, -0.2) is 23.1 Å². The Morgan fingerprint density at radius 1 is 1.29 bits per heavy atom. The summed E-state index contributed by atoms with van der Waals surface area (Å²) in [6, 6.07) is 0.613. The van der Waals surface area contributed by atoms with Crippen LogP contribution in [0.2, 0.25) is 0 Å². The molecular formula is C13H22N4. The molecule has 94 valence electrons. The van der Waals surface area contributed by atoms with Crippen LogP contribution < -0.4 is 10.6 Å². The summed E-state index contributed by atoms with van der Waals surface area (Å²) in [4.78, 5) is 10.8. The Morgan fingerprint density at radius 2 is 1.94 bits per heavy atom. The fourth-order valence-corrected chi connectivity index (χ4v) is 2.70. The van der Waals surface area contributed by atoms with Crippen LogP contribution in [0.25, 0.3) is 0 Å². The lowest BCUT2D eigenvalue weighted by Gasteiger charge is -2.28. The van der Waals surface area contributed by atoms with Crippen LogP contribution in [0.1, 0.15) is 51.0 Å². The van der Waals surface area contributed by atoms with E-state index in [1.807, 2.05) is 0 Å². The first kappa shape index (κ1) is 12.1.